The molecule has 0 saturated carbocycles. The highest BCUT2D eigenvalue weighted by molar-refractivity contribution is 5.81. The van der Waals surface area contributed by atoms with E-state index >= 15 is 0 Å². The largest absolute Gasteiger partial charge is 0.304 e. The monoisotopic (exact) mass is 282 g/mol. The number of nitrogens with zero attached hydrogens (tertiary/aromatic N) is 2. The van der Waals surface area contributed by atoms with Crippen molar-refractivity contribution >= 4 is 5.78 Å². The molecule has 0 aromatic carbocycles. The Morgan fingerprint density at radius 2 is 1.65 bits per heavy atom. The molecule has 0 aromatic rings. The highest BCUT2D eigenvalue weighted by Crippen LogP contribution is 2.33. The van der Waals surface area contributed by atoms with E-state index in [4.69, 9.17) is 0 Å². The van der Waals surface area contributed by atoms with Crippen LogP contribution in [0.3, 0.4) is 0 Å². The minimum atomic E-state index is 0.0824. The maximum atomic E-state index is 12.5. The number of ketones is 1. The summed E-state index contributed by atoms with van der Waals surface area (Å²) in [4.78, 5) is 17.4. The van der Waals surface area contributed by atoms with E-state index in [1.807, 2.05) is 0 Å². The van der Waals surface area contributed by atoms with Gasteiger partial charge in [-0.3, -0.25) is 4.79 Å². The van der Waals surface area contributed by atoms with Crippen molar-refractivity contribution in [3.8, 4) is 0 Å². The summed E-state index contributed by atoms with van der Waals surface area (Å²) in [6.07, 6.45) is 1.76. The minimum absolute atomic E-state index is 0.0824. The van der Waals surface area contributed by atoms with Crippen molar-refractivity contribution in [3.63, 3.8) is 0 Å². The molecule has 0 radical (unpaired) electrons. The number of piperazine rings is 1. The zero-order valence-corrected chi connectivity index (χ0v) is 14.4. The molecule has 0 spiro atoms. The molecule has 118 valence electrons. The fourth-order valence-electron chi connectivity index (χ4n) is 3.56. The van der Waals surface area contributed by atoms with Crippen LogP contribution in [0.15, 0.2) is 0 Å². The zero-order valence-electron chi connectivity index (χ0n) is 14.4. The molecule has 1 unspecified atom stereocenters. The standard InChI is InChI=1S/C17H34N2O/c1-14(2)16(17(3,4)5)15(20)8-7-9-19-12-10-18(6)11-13-19/h14,16H,7-13H2,1-6H3. The molecule has 3 nitrogen and oxygen atoms in total. The SMILES string of the molecule is CC(C)C(C(=O)CCCN1CCN(C)CC1)C(C)(C)C. The van der Waals surface area contributed by atoms with E-state index in [0.29, 0.717) is 11.7 Å². The van der Waals surface area contributed by atoms with Crippen LogP contribution < -0.4 is 0 Å². The van der Waals surface area contributed by atoms with Crippen LogP contribution in [0, 0.1) is 17.3 Å². The first-order valence-electron chi connectivity index (χ1n) is 8.15. The molecule has 3 heteroatoms. The van der Waals surface area contributed by atoms with Crippen LogP contribution in [0.5, 0.6) is 0 Å². The Morgan fingerprint density at radius 3 is 2.10 bits per heavy atom. The first-order chi connectivity index (χ1) is 9.21. The number of carbonyl (C=O) groups is 1. The Balaban J connectivity index is 2.35. The first kappa shape index (κ1) is 17.6. The quantitative estimate of drug-likeness (QED) is 0.748. The Kier molecular flexibility index (Phi) is 6.67. The third-order valence-corrected chi connectivity index (χ3v) is 4.44. The number of hydrogen-bond donors (Lipinski definition) is 0. The van der Waals surface area contributed by atoms with Gasteiger partial charge in [0.15, 0.2) is 0 Å². The summed E-state index contributed by atoms with van der Waals surface area (Å²) >= 11 is 0. The molecular formula is C17H34N2O. The molecule has 1 saturated heterocycles. The lowest BCUT2D eigenvalue weighted by Crippen LogP contribution is -2.44. The van der Waals surface area contributed by atoms with E-state index in [9.17, 15) is 4.79 Å². The normalized spacial score (nSPS) is 20.4. The lowest BCUT2D eigenvalue weighted by molar-refractivity contribution is -0.128. The van der Waals surface area contributed by atoms with Gasteiger partial charge in [-0.05, 0) is 31.3 Å². The van der Waals surface area contributed by atoms with Crippen molar-refractivity contribution in [3.05, 3.63) is 0 Å². The number of hydrogen-bond acceptors (Lipinski definition) is 3. The topological polar surface area (TPSA) is 23.6 Å². The van der Waals surface area contributed by atoms with E-state index in [1.165, 1.54) is 0 Å². The zero-order chi connectivity index (χ0) is 15.3. The molecule has 1 aliphatic rings. The number of Topliss-reactive ketones (excluding diaryl/α,β-unsaturated/α-hetero) is 1. The molecule has 1 heterocycles. The summed E-state index contributed by atoms with van der Waals surface area (Å²) < 4.78 is 0. The van der Waals surface area contributed by atoms with E-state index in [2.05, 4.69) is 51.5 Å². The smallest absolute Gasteiger partial charge is 0.136 e. The van der Waals surface area contributed by atoms with E-state index < -0.39 is 0 Å². The highest BCUT2D eigenvalue weighted by Gasteiger charge is 2.33. The minimum Gasteiger partial charge on any atom is -0.304 e. The Labute approximate surface area is 125 Å². The van der Waals surface area contributed by atoms with Gasteiger partial charge in [0, 0.05) is 38.5 Å². The van der Waals surface area contributed by atoms with Crippen LogP contribution in [0.2, 0.25) is 0 Å². The fourth-order valence-corrected chi connectivity index (χ4v) is 3.56. The van der Waals surface area contributed by atoms with Gasteiger partial charge < -0.3 is 9.80 Å². The summed E-state index contributed by atoms with van der Waals surface area (Å²) in [5.74, 6) is 1.09. The number of rotatable bonds is 6. The average molecular weight is 282 g/mol. The molecule has 1 aliphatic heterocycles. The van der Waals surface area contributed by atoms with E-state index in [0.717, 1.165) is 45.6 Å². The Morgan fingerprint density at radius 1 is 1.10 bits per heavy atom. The Hall–Kier alpha value is -0.410. The van der Waals surface area contributed by atoms with Crippen LogP contribution in [0.25, 0.3) is 0 Å². The molecule has 1 rings (SSSR count). The Bertz CT molecular complexity index is 299. The van der Waals surface area contributed by atoms with Gasteiger partial charge in [0.25, 0.3) is 0 Å². The third-order valence-electron chi connectivity index (χ3n) is 4.44. The number of carbonyl (C=O) groups excluding carboxylic acids is 1. The maximum Gasteiger partial charge on any atom is 0.136 e. The third kappa shape index (κ3) is 5.53. The molecule has 1 fully saturated rings. The lowest BCUT2D eigenvalue weighted by atomic mass is 9.71. The van der Waals surface area contributed by atoms with Crippen molar-refractivity contribution in [1.82, 2.24) is 9.80 Å². The van der Waals surface area contributed by atoms with Crippen LogP contribution >= 0.6 is 0 Å². The van der Waals surface area contributed by atoms with Gasteiger partial charge in [-0.25, -0.2) is 0 Å². The van der Waals surface area contributed by atoms with Crippen LogP contribution in [0.1, 0.15) is 47.5 Å². The first-order valence-corrected chi connectivity index (χ1v) is 8.15. The van der Waals surface area contributed by atoms with Gasteiger partial charge in [-0.2, -0.15) is 0 Å². The molecule has 0 bridgehead atoms. The van der Waals surface area contributed by atoms with Gasteiger partial charge in [0.2, 0.25) is 0 Å². The fraction of sp³-hybridized carbons (Fsp3) is 0.941. The van der Waals surface area contributed by atoms with Crippen LogP contribution in [-0.2, 0) is 4.79 Å². The van der Waals surface area contributed by atoms with Gasteiger partial charge in [-0.1, -0.05) is 34.6 Å². The highest BCUT2D eigenvalue weighted by atomic mass is 16.1. The van der Waals surface area contributed by atoms with Crippen LogP contribution in [0.4, 0.5) is 0 Å². The van der Waals surface area contributed by atoms with Crippen molar-refractivity contribution in [2.75, 3.05) is 39.8 Å². The second kappa shape index (κ2) is 7.56. The van der Waals surface area contributed by atoms with Gasteiger partial charge in [0.05, 0.1) is 0 Å². The summed E-state index contributed by atoms with van der Waals surface area (Å²) in [5.41, 5.74) is 0.0824. The van der Waals surface area contributed by atoms with Gasteiger partial charge in [-0.15, -0.1) is 0 Å². The predicted molar refractivity (Wildman–Crippen MR) is 86.0 cm³/mol. The van der Waals surface area contributed by atoms with Crippen molar-refractivity contribution in [2.24, 2.45) is 17.3 Å². The van der Waals surface area contributed by atoms with Crippen molar-refractivity contribution in [2.45, 2.75) is 47.5 Å². The van der Waals surface area contributed by atoms with Crippen molar-refractivity contribution in [1.29, 1.82) is 0 Å². The van der Waals surface area contributed by atoms with Crippen LogP contribution in [-0.4, -0.2) is 55.4 Å². The van der Waals surface area contributed by atoms with E-state index in [-0.39, 0.29) is 11.3 Å². The lowest BCUT2D eigenvalue weighted by Gasteiger charge is -2.34. The molecule has 0 aliphatic carbocycles. The predicted octanol–water partition coefficient (Wildman–Crippen LogP) is 2.90. The summed E-state index contributed by atoms with van der Waals surface area (Å²) in [6, 6.07) is 0. The van der Waals surface area contributed by atoms with Gasteiger partial charge in [0.1, 0.15) is 5.78 Å². The molecular weight excluding hydrogens is 248 g/mol. The second-order valence-electron chi connectivity index (χ2n) is 7.80. The molecule has 1 atom stereocenters. The van der Waals surface area contributed by atoms with E-state index in [1.54, 1.807) is 0 Å². The van der Waals surface area contributed by atoms with Gasteiger partial charge >= 0.3 is 0 Å². The second-order valence-corrected chi connectivity index (χ2v) is 7.80. The maximum absolute atomic E-state index is 12.5. The summed E-state index contributed by atoms with van der Waals surface area (Å²) in [5, 5.41) is 0. The molecule has 0 N–H and O–H groups in total. The average Bonchev–Trinajstić information content (AvgIpc) is 2.29. The number of likely N-dealkylation sites (N-methyl/N-ethyl adjacent to an activating group) is 1. The summed E-state index contributed by atoms with van der Waals surface area (Å²) in [6.45, 7) is 16.6. The molecule has 0 aromatic heterocycles. The van der Waals surface area contributed by atoms with Crippen molar-refractivity contribution < 1.29 is 4.79 Å². The summed E-state index contributed by atoms with van der Waals surface area (Å²) in [7, 11) is 2.18. The molecule has 20 heavy (non-hydrogen) atoms. The molecule has 0 amide bonds.